The number of carbonyl (C=O) groups excluding carboxylic acids is 1. The van der Waals surface area contributed by atoms with Crippen molar-refractivity contribution in [2.75, 3.05) is 13.2 Å². The third kappa shape index (κ3) is 4.42. The molecule has 3 N–H and O–H groups in total. The lowest BCUT2D eigenvalue weighted by atomic mass is 10.1. The van der Waals surface area contributed by atoms with Gasteiger partial charge in [0.15, 0.2) is 0 Å². The Hall–Kier alpha value is -1.39. The van der Waals surface area contributed by atoms with Crippen molar-refractivity contribution in [2.45, 2.75) is 18.9 Å². The van der Waals surface area contributed by atoms with Crippen molar-refractivity contribution < 1.29 is 15.0 Å². The molecule has 0 unspecified atom stereocenters. The smallest absolute Gasteiger partial charge is 0.248 e. The van der Waals surface area contributed by atoms with Gasteiger partial charge in [0.1, 0.15) is 6.10 Å². The van der Waals surface area contributed by atoms with Crippen LogP contribution in [0.4, 0.5) is 0 Å². The topological polar surface area (TPSA) is 69.6 Å². The average molecular weight is 223 g/mol. The Balaban J connectivity index is 2.29. The first kappa shape index (κ1) is 12.7. The van der Waals surface area contributed by atoms with Gasteiger partial charge in [-0.05, 0) is 18.4 Å². The Kier molecular flexibility index (Phi) is 5.53. The first-order valence-electron chi connectivity index (χ1n) is 5.34. The Morgan fingerprint density at radius 2 is 2.00 bits per heavy atom. The van der Waals surface area contributed by atoms with Gasteiger partial charge in [-0.3, -0.25) is 4.79 Å². The van der Waals surface area contributed by atoms with Crippen molar-refractivity contribution in [3.8, 4) is 0 Å². The zero-order valence-corrected chi connectivity index (χ0v) is 9.10. The van der Waals surface area contributed by atoms with Gasteiger partial charge >= 0.3 is 0 Å². The van der Waals surface area contributed by atoms with E-state index in [9.17, 15) is 9.90 Å². The van der Waals surface area contributed by atoms with E-state index >= 15 is 0 Å². The first-order chi connectivity index (χ1) is 7.74. The van der Waals surface area contributed by atoms with Crippen molar-refractivity contribution >= 4 is 5.91 Å². The molecule has 88 valence electrons. The predicted molar refractivity (Wildman–Crippen MR) is 60.9 cm³/mol. The highest BCUT2D eigenvalue weighted by Crippen LogP contribution is 2.04. The third-order valence-corrected chi connectivity index (χ3v) is 2.26. The fourth-order valence-electron chi connectivity index (χ4n) is 1.38. The summed E-state index contributed by atoms with van der Waals surface area (Å²) in [6.07, 6.45) is 0.0438. The number of benzene rings is 1. The van der Waals surface area contributed by atoms with Crippen molar-refractivity contribution in [1.82, 2.24) is 5.32 Å². The summed E-state index contributed by atoms with van der Waals surface area (Å²) in [4.78, 5) is 11.3. The summed E-state index contributed by atoms with van der Waals surface area (Å²) in [5.41, 5.74) is 1.09. The number of hydrogen-bond acceptors (Lipinski definition) is 3. The molecule has 0 fully saturated rings. The monoisotopic (exact) mass is 223 g/mol. The number of aliphatic hydroxyl groups excluding tert-OH is 2. The minimum atomic E-state index is -1.01. The molecule has 0 saturated heterocycles. The quantitative estimate of drug-likeness (QED) is 0.640. The number of rotatable bonds is 6. The van der Waals surface area contributed by atoms with Crippen LogP contribution in [-0.2, 0) is 11.2 Å². The zero-order valence-electron chi connectivity index (χ0n) is 9.10. The standard InChI is InChI=1S/C12H17NO3/c14-9-8-13-12(16)11(15)7-6-10-4-2-1-3-5-10/h1-5,11,14-15H,6-9H2,(H,13,16)/t11-/m1/s1. The van der Waals surface area contributed by atoms with Gasteiger partial charge in [0.25, 0.3) is 0 Å². The van der Waals surface area contributed by atoms with Crippen molar-refractivity contribution in [2.24, 2.45) is 0 Å². The van der Waals surface area contributed by atoms with Gasteiger partial charge in [-0.2, -0.15) is 0 Å². The second-order valence-corrected chi connectivity index (χ2v) is 3.55. The predicted octanol–water partition coefficient (Wildman–Crippen LogP) is 0.0886. The summed E-state index contributed by atoms with van der Waals surface area (Å²) < 4.78 is 0. The van der Waals surface area contributed by atoms with Crippen molar-refractivity contribution in [3.63, 3.8) is 0 Å². The number of hydrogen-bond donors (Lipinski definition) is 3. The summed E-state index contributed by atoms with van der Waals surface area (Å²) >= 11 is 0. The second-order valence-electron chi connectivity index (χ2n) is 3.55. The van der Waals surface area contributed by atoms with Gasteiger partial charge in [0.2, 0.25) is 5.91 Å². The molecule has 0 bridgehead atoms. The minimum absolute atomic E-state index is 0.114. The fraction of sp³-hybridized carbons (Fsp3) is 0.417. The second kappa shape index (κ2) is 6.98. The van der Waals surface area contributed by atoms with Crippen LogP contribution in [0.3, 0.4) is 0 Å². The maximum Gasteiger partial charge on any atom is 0.248 e. The van der Waals surface area contributed by atoms with Crippen molar-refractivity contribution in [1.29, 1.82) is 0 Å². The van der Waals surface area contributed by atoms with E-state index in [2.05, 4.69) is 5.32 Å². The molecule has 4 nitrogen and oxygen atoms in total. The molecular formula is C12H17NO3. The van der Waals surface area contributed by atoms with Gasteiger partial charge < -0.3 is 15.5 Å². The normalized spacial score (nSPS) is 12.1. The van der Waals surface area contributed by atoms with E-state index in [-0.39, 0.29) is 13.2 Å². The molecule has 0 spiro atoms. The van der Waals surface area contributed by atoms with Gasteiger partial charge in [-0.25, -0.2) is 0 Å². The molecule has 1 aromatic carbocycles. The molecule has 0 aromatic heterocycles. The van der Waals surface area contributed by atoms with Crippen LogP contribution < -0.4 is 5.32 Å². The van der Waals surface area contributed by atoms with Crippen LogP contribution in [-0.4, -0.2) is 35.4 Å². The van der Waals surface area contributed by atoms with Crippen LogP contribution in [0.25, 0.3) is 0 Å². The average Bonchev–Trinajstić information content (AvgIpc) is 2.34. The largest absolute Gasteiger partial charge is 0.395 e. The third-order valence-electron chi connectivity index (χ3n) is 2.26. The van der Waals surface area contributed by atoms with Crippen molar-refractivity contribution in [3.05, 3.63) is 35.9 Å². The summed E-state index contributed by atoms with van der Waals surface area (Å²) in [6.45, 7) is 0.0678. The number of carbonyl (C=O) groups is 1. The van der Waals surface area contributed by atoms with E-state index in [1.165, 1.54) is 0 Å². The lowest BCUT2D eigenvalue weighted by Crippen LogP contribution is -2.36. The summed E-state index contributed by atoms with van der Waals surface area (Å²) in [5, 5.41) is 20.4. The molecule has 1 atom stereocenters. The summed E-state index contributed by atoms with van der Waals surface area (Å²) in [5.74, 6) is -0.426. The summed E-state index contributed by atoms with van der Waals surface area (Å²) in [7, 11) is 0. The highest BCUT2D eigenvalue weighted by Gasteiger charge is 2.13. The van der Waals surface area contributed by atoms with E-state index in [1.807, 2.05) is 30.3 Å². The SMILES string of the molecule is O=C(NCCO)[C@H](O)CCc1ccccc1. The van der Waals surface area contributed by atoms with Crippen LogP contribution in [0.5, 0.6) is 0 Å². The van der Waals surface area contributed by atoms with Crippen LogP contribution in [0.2, 0.25) is 0 Å². The highest BCUT2D eigenvalue weighted by molar-refractivity contribution is 5.80. The van der Waals surface area contributed by atoms with E-state index in [0.717, 1.165) is 5.56 Å². The molecule has 4 heteroatoms. The molecule has 1 rings (SSSR count). The van der Waals surface area contributed by atoms with Crippen LogP contribution in [0.15, 0.2) is 30.3 Å². The summed E-state index contributed by atoms with van der Waals surface area (Å²) in [6, 6.07) is 9.69. The molecule has 0 saturated carbocycles. The van der Waals surface area contributed by atoms with Crippen LogP contribution in [0, 0.1) is 0 Å². The number of amides is 1. The molecular weight excluding hydrogens is 206 g/mol. The Morgan fingerprint density at radius 3 is 2.62 bits per heavy atom. The Morgan fingerprint density at radius 1 is 1.31 bits per heavy atom. The molecule has 1 aromatic rings. The number of nitrogens with one attached hydrogen (secondary N) is 1. The van der Waals surface area contributed by atoms with E-state index < -0.39 is 12.0 Å². The molecule has 0 aliphatic rings. The van der Waals surface area contributed by atoms with Gasteiger partial charge in [-0.1, -0.05) is 30.3 Å². The highest BCUT2D eigenvalue weighted by atomic mass is 16.3. The number of aliphatic hydroxyl groups is 2. The molecule has 0 radical (unpaired) electrons. The Labute approximate surface area is 94.9 Å². The van der Waals surface area contributed by atoms with E-state index in [0.29, 0.717) is 12.8 Å². The lowest BCUT2D eigenvalue weighted by molar-refractivity contribution is -0.129. The molecule has 16 heavy (non-hydrogen) atoms. The zero-order chi connectivity index (χ0) is 11.8. The van der Waals surface area contributed by atoms with Crippen LogP contribution in [0.1, 0.15) is 12.0 Å². The maximum absolute atomic E-state index is 11.3. The molecule has 0 aliphatic carbocycles. The van der Waals surface area contributed by atoms with Gasteiger partial charge in [0, 0.05) is 6.54 Å². The maximum atomic E-state index is 11.3. The van der Waals surface area contributed by atoms with Gasteiger partial charge in [-0.15, -0.1) is 0 Å². The number of aryl methyl sites for hydroxylation is 1. The van der Waals surface area contributed by atoms with E-state index in [4.69, 9.17) is 5.11 Å². The molecule has 0 aliphatic heterocycles. The molecule has 0 heterocycles. The lowest BCUT2D eigenvalue weighted by Gasteiger charge is -2.10. The minimum Gasteiger partial charge on any atom is -0.395 e. The first-order valence-corrected chi connectivity index (χ1v) is 5.34. The van der Waals surface area contributed by atoms with E-state index in [1.54, 1.807) is 0 Å². The van der Waals surface area contributed by atoms with Crippen LogP contribution >= 0.6 is 0 Å². The Bertz CT molecular complexity index is 313. The molecule has 1 amide bonds. The van der Waals surface area contributed by atoms with Gasteiger partial charge in [0.05, 0.1) is 6.61 Å². The fourth-order valence-corrected chi connectivity index (χ4v) is 1.38.